The molecule has 1 amide bonds. The number of hydrogen-bond donors (Lipinski definition) is 2. The van der Waals surface area contributed by atoms with E-state index in [-0.39, 0.29) is 16.9 Å². The van der Waals surface area contributed by atoms with E-state index in [4.69, 9.17) is 11.6 Å². The Labute approximate surface area is 94.4 Å². The third-order valence-electron chi connectivity index (χ3n) is 1.60. The number of carbonyl (C=O) groups excluding carboxylic acids is 1. The highest BCUT2D eigenvalue weighted by Gasteiger charge is 2.12. The zero-order chi connectivity index (χ0) is 11.5. The summed E-state index contributed by atoms with van der Waals surface area (Å²) in [6.07, 6.45) is 0. The first-order valence-electron chi connectivity index (χ1n) is 4.21. The van der Waals surface area contributed by atoms with Gasteiger partial charge >= 0.3 is 0 Å². The number of nitrogens with zero attached hydrogens (tertiary/aromatic N) is 5. The van der Waals surface area contributed by atoms with Crippen molar-refractivity contribution in [3.63, 3.8) is 0 Å². The van der Waals surface area contributed by atoms with Crippen LogP contribution in [0.15, 0.2) is 6.07 Å². The maximum Gasteiger partial charge on any atom is 0.299 e. The minimum atomic E-state index is -0.560. The van der Waals surface area contributed by atoms with Gasteiger partial charge in [0.05, 0.1) is 0 Å². The first-order valence-corrected chi connectivity index (χ1v) is 4.59. The Morgan fingerprint density at radius 1 is 1.50 bits per heavy atom. The molecule has 0 saturated carbocycles. The molecule has 0 aliphatic heterocycles. The first-order chi connectivity index (χ1) is 7.65. The lowest BCUT2D eigenvalue weighted by Gasteiger charge is -2.01. The third kappa shape index (κ3) is 2.28. The standard InChI is InChI=1S/C7H6ClN7O/c1-3-2-4(8)10-7(9-3)11-6(16)5-12-14-15-13-5/h2H,1H3,(H,9,10,11,16)(H,12,13,14,15). The highest BCUT2D eigenvalue weighted by molar-refractivity contribution is 6.29. The number of aromatic nitrogens is 6. The summed E-state index contributed by atoms with van der Waals surface area (Å²) in [6.45, 7) is 1.73. The molecule has 0 fully saturated rings. The summed E-state index contributed by atoms with van der Waals surface area (Å²) in [7, 11) is 0. The quantitative estimate of drug-likeness (QED) is 0.725. The van der Waals surface area contributed by atoms with Crippen molar-refractivity contribution in [1.82, 2.24) is 30.6 Å². The SMILES string of the molecule is Cc1cc(Cl)nc(NC(=O)c2nn[nH]n2)n1. The average Bonchev–Trinajstić information content (AvgIpc) is 2.68. The molecule has 0 unspecified atom stereocenters. The van der Waals surface area contributed by atoms with E-state index in [1.807, 2.05) is 0 Å². The van der Waals surface area contributed by atoms with Gasteiger partial charge in [0.2, 0.25) is 5.95 Å². The Bertz CT molecular complexity index is 491. The summed E-state index contributed by atoms with van der Waals surface area (Å²) in [5.41, 5.74) is 0.642. The minimum Gasteiger partial charge on any atom is -0.287 e. The number of nitrogens with one attached hydrogen (secondary N) is 2. The molecular weight excluding hydrogens is 234 g/mol. The lowest BCUT2D eigenvalue weighted by molar-refractivity contribution is 0.101. The highest BCUT2D eigenvalue weighted by atomic mass is 35.5. The van der Waals surface area contributed by atoms with Gasteiger partial charge < -0.3 is 0 Å². The Kier molecular flexibility index (Phi) is 2.73. The van der Waals surface area contributed by atoms with Crippen LogP contribution in [0, 0.1) is 6.92 Å². The summed E-state index contributed by atoms with van der Waals surface area (Å²) in [5.74, 6) is -0.559. The normalized spacial score (nSPS) is 10.1. The molecule has 0 aliphatic rings. The van der Waals surface area contributed by atoms with E-state index in [9.17, 15) is 4.79 Å². The molecule has 2 rings (SSSR count). The van der Waals surface area contributed by atoms with Gasteiger partial charge in [-0.1, -0.05) is 11.6 Å². The summed E-state index contributed by atoms with van der Waals surface area (Å²) in [5, 5.41) is 15.1. The summed E-state index contributed by atoms with van der Waals surface area (Å²) in [6, 6.07) is 1.57. The number of aryl methyl sites for hydroxylation is 1. The van der Waals surface area contributed by atoms with Crippen molar-refractivity contribution in [1.29, 1.82) is 0 Å². The average molecular weight is 240 g/mol. The second-order valence-corrected chi connectivity index (χ2v) is 3.23. The molecule has 0 aliphatic carbocycles. The predicted molar refractivity (Wildman–Crippen MR) is 53.9 cm³/mol. The molecule has 2 heterocycles. The monoisotopic (exact) mass is 239 g/mol. The maximum absolute atomic E-state index is 11.5. The van der Waals surface area contributed by atoms with E-state index in [0.29, 0.717) is 5.69 Å². The zero-order valence-corrected chi connectivity index (χ0v) is 8.86. The van der Waals surface area contributed by atoms with Gasteiger partial charge in [0, 0.05) is 5.69 Å². The Hall–Kier alpha value is -2.09. The number of halogens is 1. The van der Waals surface area contributed by atoms with Crippen LogP contribution in [0.2, 0.25) is 5.15 Å². The van der Waals surface area contributed by atoms with Crippen LogP contribution in [0.1, 0.15) is 16.3 Å². The Morgan fingerprint density at radius 3 is 2.94 bits per heavy atom. The van der Waals surface area contributed by atoms with Gasteiger partial charge in [-0.25, -0.2) is 9.97 Å². The van der Waals surface area contributed by atoms with Gasteiger partial charge in [-0.05, 0) is 18.2 Å². The van der Waals surface area contributed by atoms with Gasteiger partial charge in [0.1, 0.15) is 5.15 Å². The second-order valence-electron chi connectivity index (χ2n) is 2.85. The van der Waals surface area contributed by atoms with Crippen LogP contribution in [-0.2, 0) is 0 Å². The first kappa shape index (κ1) is 10.4. The minimum absolute atomic E-state index is 0.0961. The van der Waals surface area contributed by atoms with E-state index in [0.717, 1.165) is 0 Å². The zero-order valence-electron chi connectivity index (χ0n) is 8.10. The van der Waals surface area contributed by atoms with Crippen LogP contribution in [0.3, 0.4) is 0 Å². The molecule has 2 N–H and O–H groups in total. The maximum atomic E-state index is 11.5. The topological polar surface area (TPSA) is 109 Å². The highest BCUT2D eigenvalue weighted by Crippen LogP contribution is 2.09. The van der Waals surface area contributed by atoms with Crippen molar-refractivity contribution in [2.75, 3.05) is 5.32 Å². The van der Waals surface area contributed by atoms with Crippen LogP contribution in [0.5, 0.6) is 0 Å². The molecule has 0 atom stereocenters. The van der Waals surface area contributed by atoms with Crippen LogP contribution in [-0.4, -0.2) is 36.5 Å². The molecule has 16 heavy (non-hydrogen) atoms. The van der Waals surface area contributed by atoms with Gasteiger partial charge in [0.15, 0.2) is 0 Å². The fraction of sp³-hybridized carbons (Fsp3) is 0.143. The molecule has 0 spiro atoms. The van der Waals surface area contributed by atoms with Crippen LogP contribution in [0.25, 0.3) is 0 Å². The van der Waals surface area contributed by atoms with E-state index < -0.39 is 5.91 Å². The summed E-state index contributed by atoms with van der Waals surface area (Å²) in [4.78, 5) is 19.3. The number of amides is 1. The number of hydrogen-bond acceptors (Lipinski definition) is 6. The van der Waals surface area contributed by atoms with Crippen LogP contribution >= 0.6 is 11.6 Å². The number of aromatic amines is 1. The molecular formula is C7H6ClN7O. The van der Waals surface area contributed by atoms with Gasteiger partial charge in [-0.15, -0.1) is 10.2 Å². The molecule has 0 saturated heterocycles. The fourth-order valence-electron chi connectivity index (χ4n) is 1.00. The van der Waals surface area contributed by atoms with Crippen molar-refractivity contribution in [2.24, 2.45) is 0 Å². The van der Waals surface area contributed by atoms with E-state index in [2.05, 4.69) is 35.9 Å². The lowest BCUT2D eigenvalue weighted by Crippen LogP contribution is -2.16. The van der Waals surface area contributed by atoms with Crippen molar-refractivity contribution < 1.29 is 4.79 Å². The largest absolute Gasteiger partial charge is 0.299 e. The van der Waals surface area contributed by atoms with Crippen molar-refractivity contribution in [3.05, 3.63) is 22.7 Å². The smallest absolute Gasteiger partial charge is 0.287 e. The van der Waals surface area contributed by atoms with Crippen LogP contribution < -0.4 is 5.32 Å². The third-order valence-corrected chi connectivity index (χ3v) is 1.79. The van der Waals surface area contributed by atoms with E-state index >= 15 is 0 Å². The number of tetrazole rings is 1. The molecule has 8 nitrogen and oxygen atoms in total. The number of carbonyl (C=O) groups is 1. The Balaban J connectivity index is 2.18. The molecule has 82 valence electrons. The molecule has 0 radical (unpaired) electrons. The Morgan fingerprint density at radius 2 is 2.31 bits per heavy atom. The fourth-order valence-corrected chi connectivity index (χ4v) is 1.24. The summed E-state index contributed by atoms with van der Waals surface area (Å²) >= 11 is 5.71. The van der Waals surface area contributed by atoms with Crippen LogP contribution in [0.4, 0.5) is 5.95 Å². The molecule has 2 aromatic rings. The number of H-pyrrole nitrogens is 1. The molecule has 0 aromatic carbocycles. The molecule has 2 aromatic heterocycles. The van der Waals surface area contributed by atoms with Crippen molar-refractivity contribution in [3.8, 4) is 0 Å². The number of rotatable bonds is 2. The van der Waals surface area contributed by atoms with Gasteiger partial charge in [-0.3, -0.25) is 10.1 Å². The van der Waals surface area contributed by atoms with Crippen molar-refractivity contribution >= 4 is 23.5 Å². The molecule has 0 bridgehead atoms. The molecule has 9 heteroatoms. The van der Waals surface area contributed by atoms with E-state index in [1.165, 1.54) is 0 Å². The van der Waals surface area contributed by atoms with Crippen molar-refractivity contribution in [2.45, 2.75) is 6.92 Å². The lowest BCUT2D eigenvalue weighted by atomic mass is 10.4. The second kappa shape index (κ2) is 4.19. The van der Waals surface area contributed by atoms with Gasteiger partial charge in [0.25, 0.3) is 11.7 Å². The van der Waals surface area contributed by atoms with Gasteiger partial charge in [-0.2, -0.15) is 5.21 Å². The number of anilines is 1. The summed E-state index contributed by atoms with van der Waals surface area (Å²) < 4.78 is 0. The predicted octanol–water partition coefficient (Wildman–Crippen LogP) is 0.204. The van der Waals surface area contributed by atoms with E-state index in [1.54, 1.807) is 13.0 Å².